The first-order valence-electron chi connectivity index (χ1n) is 7.83. The summed E-state index contributed by atoms with van der Waals surface area (Å²) in [5, 5.41) is 3.71. The van der Waals surface area contributed by atoms with E-state index >= 15 is 0 Å². The van der Waals surface area contributed by atoms with Crippen LogP contribution in [0.25, 0.3) is 0 Å². The molecule has 0 saturated carbocycles. The molecular formula is C17H27FN2. The summed E-state index contributed by atoms with van der Waals surface area (Å²) >= 11 is 0. The average Bonchev–Trinajstić information content (AvgIpc) is 2.47. The maximum absolute atomic E-state index is 14.3. The third-order valence-electron chi connectivity index (χ3n) is 4.93. The first-order chi connectivity index (χ1) is 9.56. The highest BCUT2D eigenvalue weighted by Crippen LogP contribution is 2.32. The molecule has 1 N–H and O–H groups in total. The van der Waals surface area contributed by atoms with Crippen LogP contribution in [0, 0.1) is 12.7 Å². The van der Waals surface area contributed by atoms with E-state index in [1.165, 1.54) is 0 Å². The van der Waals surface area contributed by atoms with E-state index in [0.717, 1.165) is 43.6 Å². The highest BCUT2D eigenvalue weighted by Gasteiger charge is 2.37. The Labute approximate surface area is 122 Å². The number of rotatable bonds is 4. The monoisotopic (exact) mass is 278 g/mol. The minimum atomic E-state index is -0.0912. The van der Waals surface area contributed by atoms with E-state index in [1.54, 1.807) is 12.1 Å². The Bertz CT molecular complexity index is 434. The first-order valence-corrected chi connectivity index (χ1v) is 7.83. The van der Waals surface area contributed by atoms with E-state index in [1.807, 2.05) is 13.0 Å². The summed E-state index contributed by atoms with van der Waals surface area (Å²) in [6, 6.07) is 5.75. The SMILES string of the molecule is CCC1CNC(CC)(CC)CN1c1c(C)cccc1F. The normalized spacial score (nSPS) is 22.1. The van der Waals surface area contributed by atoms with Crippen molar-refractivity contribution in [3.63, 3.8) is 0 Å². The molecule has 112 valence electrons. The molecule has 1 unspecified atom stereocenters. The number of nitrogens with zero attached hydrogens (tertiary/aromatic N) is 1. The molecule has 1 atom stereocenters. The lowest BCUT2D eigenvalue weighted by molar-refractivity contribution is 0.245. The van der Waals surface area contributed by atoms with Crippen LogP contribution in [-0.2, 0) is 0 Å². The fourth-order valence-electron chi connectivity index (χ4n) is 3.29. The van der Waals surface area contributed by atoms with Gasteiger partial charge in [0.15, 0.2) is 0 Å². The van der Waals surface area contributed by atoms with Gasteiger partial charge in [-0.15, -0.1) is 0 Å². The third-order valence-corrected chi connectivity index (χ3v) is 4.93. The molecule has 0 aliphatic carbocycles. The molecule has 3 heteroatoms. The van der Waals surface area contributed by atoms with Gasteiger partial charge in [-0.3, -0.25) is 0 Å². The number of hydrogen-bond donors (Lipinski definition) is 1. The third kappa shape index (κ3) is 2.69. The second-order valence-corrected chi connectivity index (χ2v) is 5.96. The minimum Gasteiger partial charge on any atom is -0.363 e. The molecule has 0 amide bonds. The summed E-state index contributed by atoms with van der Waals surface area (Å²) in [5.41, 5.74) is 1.94. The highest BCUT2D eigenvalue weighted by molar-refractivity contribution is 5.56. The molecule has 20 heavy (non-hydrogen) atoms. The fourth-order valence-corrected chi connectivity index (χ4v) is 3.29. The Morgan fingerprint density at radius 3 is 2.55 bits per heavy atom. The molecule has 1 fully saturated rings. The topological polar surface area (TPSA) is 15.3 Å². The van der Waals surface area contributed by atoms with Gasteiger partial charge in [0.2, 0.25) is 0 Å². The minimum absolute atomic E-state index is 0.0912. The second kappa shape index (κ2) is 6.13. The largest absolute Gasteiger partial charge is 0.363 e. The van der Waals surface area contributed by atoms with Crippen molar-refractivity contribution in [3.8, 4) is 0 Å². The molecule has 1 aromatic carbocycles. The van der Waals surface area contributed by atoms with E-state index in [-0.39, 0.29) is 11.4 Å². The maximum Gasteiger partial charge on any atom is 0.146 e. The molecule has 0 radical (unpaired) electrons. The van der Waals surface area contributed by atoms with Gasteiger partial charge >= 0.3 is 0 Å². The number of piperazine rings is 1. The van der Waals surface area contributed by atoms with Crippen LogP contribution >= 0.6 is 0 Å². The van der Waals surface area contributed by atoms with Gasteiger partial charge in [-0.25, -0.2) is 4.39 Å². The van der Waals surface area contributed by atoms with Crippen LogP contribution in [0.4, 0.5) is 10.1 Å². The molecule has 1 aromatic rings. The van der Waals surface area contributed by atoms with Gasteiger partial charge in [-0.05, 0) is 37.8 Å². The Morgan fingerprint density at radius 1 is 1.30 bits per heavy atom. The Morgan fingerprint density at radius 2 is 2.00 bits per heavy atom. The number of aryl methyl sites for hydroxylation is 1. The number of benzene rings is 1. The van der Waals surface area contributed by atoms with E-state index in [4.69, 9.17) is 0 Å². The lowest BCUT2D eigenvalue weighted by atomic mass is 9.87. The van der Waals surface area contributed by atoms with Gasteiger partial charge < -0.3 is 10.2 Å². The molecule has 0 bridgehead atoms. The van der Waals surface area contributed by atoms with Crippen LogP contribution in [0.5, 0.6) is 0 Å². The van der Waals surface area contributed by atoms with E-state index in [9.17, 15) is 4.39 Å². The maximum atomic E-state index is 14.3. The summed E-state index contributed by atoms with van der Waals surface area (Å²) in [5.74, 6) is -0.0912. The van der Waals surface area contributed by atoms with Crippen LogP contribution < -0.4 is 10.2 Å². The number of anilines is 1. The molecule has 0 aromatic heterocycles. The molecule has 1 aliphatic heterocycles. The first kappa shape index (κ1) is 15.3. The van der Waals surface area contributed by atoms with Gasteiger partial charge in [0.05, 0.1) is 5.69 Å². The molecule has 2 nitrogen and oxygen atoms in total. The number of halogens is 1. The average molecular weight is 278 g/mol. The summed E-state index contributed by atoms with van der Waals surface area (Å²) in [6.07, 6.45) is 3.18. The van der Waals surface area contributed by atoms with Crippen molar-refractivity contribution in [3.05, 3.63) is 29.6 Å². The summed E-state index contributed by atoms with van der Waals surface area (Å²) in [7, 11) is 0. The number of hydrogen-bond acceptors (Lipinski definition) is 2. The standard InChI is InChI=1S/C17H27FN2/c1-5-14-11-19-17(6-2,7-3)12-20(14)16-13(4)9-8-10-15(16)18/h8-10,14,19H,5-7,11-12H2,1-4H3. The van der Waals surface area contributed by atoms with Crippen LogP contribution in [0.1, 0.15) is 45.6 Å². The quantitative estimate of drug-likeness (QED) is 0.899. The Kier molecular flexibility index (Phi) is 4.69. The van der Waals surface area contributed by atoms with Crippen molar-refractivity contribution < 1.29 is 4.39 Å². The molecule has 1 saturated heterocycles. The van der Waals surface area contributed by atoms with Crippen LogP contribution in [0.2, 0.25) is 0 Å². The number of para-hydroxylation sites is 1. The van der Waals surface area contributed by atoms with Crippen molar-refractivity contribution >= 4 is 5.69 Å². The molecule has 1 aliphatic rings. The number of nitrogens with one attached hydrogen (secondary N) is 1. The second-order valence-electron chi connectivity index (χ2n) is 5.96. The van der Waals surface area contributed by atoms with Gasteiger partial charge in [0.1, 0.15) is 5.82 Å². The lowest BCUT2D eigenvalue weighted by Crippen LogP contribution is -2.64. The molecule has 2 rings (SSSR count). The predicted molar refractivity (Wildman–Crippen MR) is 83.9 cm³/mol. The Hall–Kier alpha value is -1.09. The summed E-state index contributed by atoms with van der Waals surface area (Å²) in [4.78, 5) is 2.30. The lowest BCUT2D eigenvalue weighted by Gasteiger charge is -2.49. The zero-order valence-corrected chi connectivity index (χ0v) is 13.2. The molecule has 0 spiro atoms. The van der Waals surface area contributed by atoms with E-state index < -0.39 is 0 Å². The van der Waals surface area contributed by atoms with Crippen molar-refractivity contribution in [2.75, 3.05) is 18.0 Å². The van der Waals surface area contributed by atoms with Gasteiger partial charge in [0, 0.05) is 24.7 Å². The van der Waals surface area contributed by atoms with Crippen LogP contribution in [-0.4, -0.2) is 24.7 Å². The highest BCUT2D eigenvalue weighted by atomic mass is 19.1. The van der Waals surface area contributed by atoms with Gasteiger partial charge in [0.25, 0.3) is 0 Å². The predicted octanol–water partition coefficient (Wildman–Crippen LogP) is 3.88. The Balaban J connectivity index is 2.39. The fraction of sp³-hybridized carbons (Fsp3) is 0.647. The van der Waals surface area contributed by atoms with Crippen molar-refractivity contribution in [2.24, 2.45) is 0 Å². The van der Waals surface area contributed by atoms with Crippen molar-refractivity contribution in [1.29, 1.82) is 0 Å². The molecule has 1 heterocycles. The zero-order chi connectivity index (χ0) is 14.8. The smallest absolute Gasteiger partial charge is 0.146 e. The van der Waals surface area contributed by atoms with Gasteiger partial charge in [-0.2, -0.15) is 0 Å². The van der Waals surface area contributed by atoms with E-state index in [0.29, 0.717) is 6.04 Å². The van der Waals surface area contributed by atoms with E-state index in [2.05, 4.69) is 31.0 Å². The summed E-state index contributed by atoms with van der Waals surface area (Å²) < 4.78 is 14.3. The van der Waals surface area contributed by atoms with Crippen molar-refractivity contribution in [2.45, 2.75) is 58.5 Å². The zero-order valence-electron chi connectivity index (χ0n) is 13.2. The van der Waals surface area contributed by atoms with Crippen molar-refractivity contribution in [1.82, 2.24) is 5.32 Å². The molecular weight excluding hydrogens is 251 g/mol. The van der Waals surface area contributed by atoms with Gasteiger partial charge in [-0.1, -0.05) is 32.9 Å². The van der Waals surface area contributed by atoms with Crippen LogP contribution in [0.15, 0.2) is 18.2 Å². The van der Waals surface area contributed by atoms with Crippen LogP contribution in [0.3, 0.4) is 0 Å². The summed E-state index contributed by atoms with van der Waals surface area (Å²) in [6.45, 7) is 10.4.